The summed E-state index contributed by atoms with van der Waals surface area (Å²) in [5.41, 5.74) is 0.964. The summed E-state index contributed by atoms with van der Waals surface area (Å²) in [7, 11) is 1.64. The molecule has 0 saturated carbocycles. The molecule has 6 heteroatoms. The molecule has 0 aliphatic rings. The maximum absolute atomic E-state index is 10.7. The molecule has 0 amide bonds. The van der Waals surface area contributed by atoms with Crippen molar-refractivity contribution in [2.45, 2.75) is 19.5 Å². The van der Waals surface area contributed by atoms with E-state index in [1.165, 1.54) is 0 Å². The topological polar surface area (TPSA) is 64.4 Å². The first kappa shape index (κ1) is 14.1. The molecule has 0 bridgehead atoms. The summed E-state index contributed by atoms with van der Waals surface area (Å²) < 4.78 is 5.49. The number of nitro benzene ring substituents is 1. The fourth-order valence-electron chi connectivity index (χ4n) is 1.41. The number of halogens is 1. The minimum absolute atomic E-state index is 0.0868. The molecule has 0 aliphatic carbocycles. The number of nitrogens with one attached hydrogen (secondary N) is 1. The average molecular weight is 303 g/mol. The molecule has 5 nitrogen and oxygen atoms in total. The second-order valence-electron chi connectivity index (χ2n) is 3.78. The Hall–Kier alpha value is -0.980. The lowest BCUT2D eigenvalue weighted by molar-refractivity contribution is -0.385. The lowest BCUT2D eigenvalue weighted by Gasteiger charge is -2.12. The second kappa shape index (κ2) is 6.68. The first-order valence-corrected chi connectivity index (χ1v) is 5.99. The lowest BCUT2D eigenvalue weighted by Crippen LogP contribution is -2.29. The summed E-state index contributed by atoms with van der Waals surface area (Å²) >= 11 is 3.15. The Kier molecular flexibility index (Phi) is 5.54. The monoisotopic (exact) mass is 302 g/mol. The van der Waals surface area contributed by atoms with Crippen LogP contribution in [0.5, 0.6) is 0 Å². The van der Waals surface area contributed by atoms with E-state index in [2.05, 4.69) is 21.2 Å². The molecular weight excluding hydrogens is 288 g/mol. The normalized spacial score (nSPS) is 12.4. The number of nitro groups is 1. The SMILES string of the molecule is COCC(C)NCc1ccc(Br)c([N+](=O)[O-])c1. The maximum atomic E-state index is 10.7. The second-order valence-corrected chi connectivity index (χ2v) is 4.63. The number of rotatable bonds is 6. The highest BCUT2D eigenvalue weighted by Crippen LogP contribution is 2.25. The number of methoxy groups -OCH3 is 1. The van der Waals surface area contributed by atoms with Crippen molar-refractivity contribution in [3.63, 3.8) is 0 Å². The van der Waals surface area contributed by atoms with Gasteiger partial charge >= 0.3 is 0 Å². The van der Waals surface area contributed by atoms with Crippen LogP contribution in [0.4, 0.5) is 5.69 Å². The molecule has 0 aromatic heterocycles. The molecule has 0 fully saturated rings. The van der Waals surface area contributed by atoms with Crippen LogP contribution < -0.4 is 5.32 Å². The van der Waals surface area contributed by atoms with Crippen molar-refractivity contribution >= 4 is 21.6 Å². The van der Waals surface area contributed by atoms with E-state index in [1.54, 1.807) is 19.2 Å². The molecule has 0 spiro atoms. The summed E-state index contributed by atoms with van der Waals surface area (Å²) in [4.78, 5) is 10.4. The third-order valence-corrected chi connectivity index (χ3v) is 2.95. The molecule has 17 heavy (non-hydrogen) atoms. The van der Waals surface area contributed by atoms with Crippen molar-refractivity contribution in [1.29, 1.82) is 0 Å². The van der Waals surface area contributed by atoms with Crippen LogP contribution in [0.25, 0.3) is 0 Å². The molecule has 0 heterocycles. The highest BCUT2D eigenvalue weighted by atomic mass is 79.9. The van der Waals surface area contributed by atoms with Crippen molar-refractivity contribution in [2.75, 3.05) is 13.7 Å². The molecule has 0 aliphatic heterocycles. The first-order chi connectivity index (χ1) is 8.04. The minimum atomic E-state index is -0.397. The van der Waals surface area contributed by atoms with E-state index in [9.17, 15) is 10.1 Å². The standard InChI is InChI=1S/C11H15BrN2O3/c1-8(7-17-2)13-6-9-3-4-10(12)11(5-9)14(15)16/h3-5,8,13H,6-7H2,1-2H3. The Morgan fingerprint density at radius 2 is 2.29 bits per heavy atom. The summed E-state index contributed by atoms with van der Waals surface area (Å²) in [5.74, 6) is 0. The molecule has 1 rings (SSSR count). The fraction of sp³-hybridized carbons (Fsp3) is 0.455. The van der Waals surface area contributed by atoms with Crippen LogP contribution in [0.3, 0.4) is 0 Å². The van der Waals surface area contributed by atoms with Gasteiger partial charge in [0.25, 0.3) is 5.69 Å². The predicted octanol–water partition coefficient (Wildman–Crippen LogP) is 2.48. The van der Waals surface area contributed by atoms with Crippen LogP contribution in [0.2, 0.25) is 0 Å². The molecule has 0 radical (unpaired) electrons. The zero-order valence-electron chi connectivity index (χ0n) is 9.77. The number of ether oxygens (including phenoxy) is 1. The Morgan fingerprint density at radius 1 is 1.59 bits per heavy atom. The van der Waals surface area contributed by atoms with Gasteiger partial charge in [-0.1, -0.05) is 6.07 Å². The van der Waals surface area contributed by atoms with E-state index in [-0.39, 0.29) is 11.7 Å². The van der Waals surface area contributed by atoms with Gasteiger partial charge in [0, 0.05) is 25.8 Å². The quantitative estimate of drug-likeness (QED) is 0.648. The maximum Gasteiger partial charge on any atom is 0.283 e. The molecule has 1 atom stereocenters. The Bertz CT molecular complexity index is 398. The molecule has 0 saturated heterocycles. The highest BCUT2D eigenvalue weighted by Gasteiger charge is 2.12. The molecule has 1 unspecified atom stereocenters. The van der Waals surface area contributed by atoms with Gasteiger partial charge in [-0.3, -0.25) is 10.1 Å². The lowest BCUT2D eigenvalue weighted by atomic mass is 10.2. The van der Waals surface area contributed by atoms with Crippen LogP contribution in [0.15, 0.2) is 22.7 Å². The van der Waals surface area contributed by atoms with Crippen LogP contribution in [-0.4, -0.2) is 24.7 Å². The number of hydrogen-bond acceptors (Lipinski definition) is 4. The van der Waals surface area contributed by atoms with Gasteiger partial charge in [-0.2, -0.15) is 0 Å². The summed E-state index contributed by atoms with van der Waals surface area (Å²) in [6, 6.07) is 5.32. The van der Waals surface area contributed by atoms with Crippen molar-refractivity contribution < 1.29 is 9.66 Å². The van der Waals surface area contributed by atoms with Gasteiger partial charge in [0.05, 0.1) is 16.0 Å². The fourth-order valence-corrected chi connectivity index (χ4v) is 1.80. The van der Waals surface area contributed by atoms with Crippen LogP contribution in [0, 0.1) is 10.1 Å². The van der Waals surface area contributed by atoms with E-state index in [4.69, 9.17) is 4.74 Å². The molecule has 1 aromatic rings. The summed E-state index contributed by atoms with van der Waals surface area (Å²) in [6.07, 6.45) is 0. The van der Waals surface area contributed by atoms with Gasteiger partial charge in [0.1, 0.15) is 0 Å². The third kappa shape index (κ3) is 4.41. The molecule has 1 aromatic carbocycles. The number of benzene rings is 1. The Balaban J connectivity index is 2.66. The molecule has 94 valence electrons. The van der Waals surface area contributed by atoms with E-state index >= 15 is 0 Å². The van der Waals surface area contributed by atoms with Crippen molar-refractivity contribution in [3.05, 3.63) is 38.3 Å². The number of nitrogens with zero attached hydrogens (tertiary/aromatic N) is 1. The Labute approximate surface area is 108 Å². The van der Waals surface area contributed by atoms with E-state index in [0.717, 1.165) is 5.56 Å². The predicted molar refractivity (Wildman–Crippen MR) is 69.0 cm³/mol. The van der Waals surface area contributed by atoms with Crippen LogP contribution in [-0.2, 0) is 11.3 Å². The van der Waals surface area contributed by atoms with Crippen molar-refractivity contribution in [1.82, 2.24) is 5.32 Å². The zero-order valence-corrected chi connectivity index (χ0v) is 11.4. The summed E-state index contributed by atoms with van der Waals surface area (Å²) in [6.45, 7) is 3.19. The number of hydrogen-bond donors (Lipinski definition) is 1. The van der Waals surface area contributed by atoms with Crippen molar-refractivity contribution in [2.24, 2.45) is 0 Å². The summed E-state index contributed by atoms with van der Waals surface area (Å²) in [5, 5.41) is 14.0. The minimum Gasteiger partial charge on any atom is -0.383 e. The van der Waals surface area contributed by atoms with E-state index in [0.29, 0.717) is 17.6 Å². The van der Waals surface area contributed by atoms with Gasteiger partial charge in [-0.05, 0) is 34.5 Å². The Morgan fingerprint density at radius 3 is 2.88 bits per heavy atom. The first-order valence-electron chi connectivity index (χ1n) is 5.19. The largest absolute Gasteiger partial charge is 0.383 e. The van der Waals surface area contributed by atoms with Gasteiger partial charge in [-0.25, -0.2) is 0 Å². The van der Waals surface area contributed by atoms with Crippen LogP contribution in [0.1, 0.15) is 12.5 Å². The van der Waals surface area contributed by atoms with Crippen molar-refractivity contribution in [3.8, 4) is 0 Å². The van der Waals surface area contributed by atoms with E-state index in [1.807, 2.05) is 13.0 Å². The average Bonchev–Trinajstić information content (AvgIpc) is 2.28. The third-order valence-electron chi connectivity index (χ3n) is 2.28. The molecule has 1 N–H and O–H groups in total. The van der Waals surface area contributed by atoms with E-state index < -0.39 is 4.92 Å². The van der Waals surface area contributed by atoms with Gasteiger partial charge in [-0.15, -0.1) is 0 Å². The highest BCUT2D eigenvalue weighted by molar-refractivity contribution is 9.10. The zero-order chi connectivity index (χ0) is 12.8. The van der Waals surface area contributed by atoms with Crippen LogP contribution >= 0.6 is 15.9 Å². The van der Waals surface area contributed by atoms with Gasteiger partial charge in [0.2, 0.25) is 0 Å². The smallest absolute Gasteiger partial charge is 0.283 e. The van der Waals surface area contributed by atoms with Gasteiger partial charge in [0.15, 0.2) is 0 Å². The molecular formula is C11H15BrN2O3. The van der Waals surface area contributed by atoms with Gasteiger partial charge < -0.3 is 10.1 Å².